The monoisotopic (exact) mass is 1660 g/mol. The Hall–Kier alpha value is -12.1. The van der Waals surface area contributed by atoms with E-state index in [1.165, 1.54) is 21.6 Å². The number of H-pyrrole nitrogens is 1. The van der Waals surface area contributed by atoms with Crippen LogP contribution in [0.5, 0.6) is 0 Å². The largest absolute Gasteiger partial charge is 0.370 e. The molecule has 1 aromatic heterocycles. The standard InChI is InChI=1S/C89H121N19O13/c1-6-55(4)75(91)85(118)105-69(47-54(2)3)86(119)106-44-24-39-72(106)83(116)101-67(49-58-29-13-8-14-30-58)80(113)99-65(37-21-22-42-90)78(111)103-70(50-59-31-15-9-16-32-59)87(120)108-46-26-41-74(108)84(117)102-68(52-61-53-96-63-36-20-19-35-62(61)63)81(114)104-71(51-60-33-17-10-18-34-60)88(121)107-45-25-40-73(107)82(115)100-66(48-57-27-11-7-12-28-57)79(112)97-56(5)77(110)98-64(76(92)109)38-23-43-95-89(93)94/h7-20,27-36,53-56,64-75,96H,6,21-26,37-52,90-91H2,1-5H3,(H2,92,109)(H,97,112)(H,98,110)(H,99,113)(H,100,115)(H,101,116)(H,102,117)(H,103,111)(H,104,114)(H,105,118)(H4,93,94,95)/t55-,56-,64-,65-,66-,67-,68-,69-,70-,71-,72-,73-,74-,75-/m0/s1. The van der Waals surface area contributed by atoms with Crippen LogP contribution in [0.2, 0.25) is 0 Å². The maximum Gasteiger partial charge on any atom is 0.246 e. The van der Waals surface area contributed by atoms with Gasteiger partial charge in [0, 0.05) is 75.4 Å². The summed E-state index contributed by atoms with van der Waals surface area (Å²) in [6.07, 6.45) is 5.34. The maximum atomic E-state index is 15.6. The summed E-state index contributed by atoms with van der Waals surface area (Å²) < 4.78 is 0. The highest BCUT2D eigenvalue weighted by molar-refractivity contribution is 6.01. The first-order valence-electron chi connectivity index (χ1n) is 42.3. The van der Waals surface area contributed by atoms with Crippen molar-refractivity contribution in [1.82, 2.24) is 72.9 Å². The Labute approximate surface area is 706 Å². The van der Waals surface area contributed by atoms with Crippen molar-refractivity contribution >= 4 is 93.7 Å². The normalized spacial score (nSPS) is 17.8. The summed E-state index contributed by atoms with van der Waals surface area (Å²) in [7, 11) is 0. The number of para-hydroxylation sites is 1. The van der Waals surface area contributed by atoms with Gasteiger partial charge in [-0.1, -0.05) is 174 Å². The number of aromatic amines is 1. The summed E-state index contributed by atoms with van der Waals surface area (Å²) in [5.74, 6) is -9.21. The third-order valence-electron chi connectivity index (χ3n) is 22.7. The number of amides is 13. The summed E-state index contributed by atoms with van der Waals surface area (Å²) in [5.41, 5.74) is 27.3. The first kappa shape index (κ1) is 92.8. The number of nitrogens with two attached hydrogens (primary N) is 4. The number of nitrogens with one attached hydrogen (secondary N) is 12. The van der Waals surface area contributed by atoms with Gasteiger partial charge in [-0.05, 0) is 136 Å². The molecule has 6 aromatic rings. The number of likely N-dealkylation sites (tertiary alicyclic amines) is 3. The molecule has 3 aliphatic heterocycles. The Morgan fingerprint density at radius 1 is 0.438 bits per heavy atom. The fourth-order valence-corrected chi connectivity index (χ4v) is 15.8. The third kappa shape index (κ3) is 27.0. The number of fused-ring (bicyclic) bond motifs is 1. The lowest BCUT2D eigenvalue weighted by Gasteiger charge is -2.32. The quantitative estimate of drug-likeness (QED) is 0.0148. The van der Waals surface area contributed by atoms with E-state index >= 15 is 28.8 Å². The van der Waals surface area contributed by atoms with Crippen molar-refractivity contribution in [3.05, 3.63) is 180 Å². The minimum atomic E-state index is -1.42. The zero-order valence-electron chi connectivity index (χ0n) is 69.8. The van der Waals surface area contributed by atoms with E-state index in [9.17, 15) is 33.6 Å². The molecule has 0 radical (unpaired) electrons. The van der Waals surface area contributed by atoms with E-state index in [1.807, 2.05) is 52.0 Å². The van der Waals surface area contributed by atoms with Crippen molar-refractivity contribution in [2.45, 2.75) is 229 Å². The first-order valence-corrected chi connectivity index (χ1v) is 42.3. The van der Waals surface area contributed by atoms with Crippen LogP contribution < -0.4 is 76.1 Å². The zero-order chi connectivity index (χ0) is 87.2. The molecule has 3 saturated heterocycles. The molecule has 0 aliphatic carbocycles. The van der Waals surface area contributed by atoms with Crippen LogP contribution in [0.3, 0.4) is 0 Å². The molecule has 9 rings (SSSR count). The molecule has 0 unspecified atom stereocenters. The number of aromatic nitrogens is 1. The third-order valence-corrected chi connectivity index (χ3v) is 22.7. The SMILES string of the molecule is CC[C@H](C)[C@H](N)C(=O)N[C@@H](CC(C)C)C(=O)N1CCC[C@H]1C(=O)N[C@@H](Cc1ccccc1)C(=O)N[C@@H](CCCCN)C(=O)N[C@@H](Cc1ccccc1)C(=O)N1CCC[C@H]1C(=O)N[C@@H](Cc1c[nH]c2ccccc12)C(=O)N[C@@H](Cc1ccccc1)C(=O)N1CCC[C@H]1C(=O)N[C@@H](Cc1ccccc1)C(=O)N[C@@H](C)C(=O)N[C@@H](CCCNC(=N)N)C(N)=O. The van der Waals surface area contributed by atoms with Gasteiger partial charge in [-0.15, -0.1) is 0 Å². The molecule has 3 aliphatic rings. The lowest BCUT2D eigenvalue weighted by molar-refractivity contribution is -0.143. The van der Waals surface area contributed by atoms with Gasteiger partial charge in [0.2, 0.25) is 76.8 Å². The summed E-state index contributed by atoms with van der Waals surface area (Å²) in [5, 5.41) is 36.5. The van der Waals surface area contributed by atoms with Crippen molar-refractivity contribution in [2.24, 2.45) is 34.8 Å². The van der Waals surface area contributed by atoms with E-state index in [0.29, 0.717) is 72.8 Å². The minimum Gasteiger partial charge on any atom is -0.370 e. The number of guanidine groups is 1. The lowest BCUT2D eigenvalue weighted by atomic mass is 9.97. The molecular formula is C89H121N19O13. The van der Waals surface area contributed by atoms with Gasteiger partial charge in [-0.25, -0.2) is 0 Å². The Morgan fingerprint density at radius 2 is 0.818 bits per heavy atom. The summed E-state index contributed by atoms with van der Waals surface area (Å²) in [6, 6.07) is 27.4. The second-order valence-electron chi connectivity index (χ2n) is 32.3. The molecule has 5 aromatic carbocycles. The van der Waals surface area contributed by atoms with Crippen LogP contribution in [0, 0.1) is 17.2 Å². The molecule has 32 nitrogen and oxygen atoms in total. The number of benzene rings is 5. The van der Waals surface area contributed by atoms with Crippen LogP contribution in [0.1, 0.15) is 146 Å². The lowest BCUT2D eigenvalue weighted by Crippen LogP contribution is -2.61. The Morgan fingerprint density at radius 3 is 1.25 bits per heavy atom. The van der Waals surface area contributed by atoms with Gasteiger partial charge < -0.3 is 95.8 Å². The Bertz CT molecular complexity index is 4520. The second kappa shape index (κ2) is 45.9. The number of carbonyl (C=O) groups is 13. The fourth-order valence-electron chi connectivity index (χ4n) is 15.8. The molecule has 32 heteroatoms. The summed E-state index contributed by atoms with van der Waals surface area (Å²) in [6.45, 7) is 9.87. The van der Waals surface area contributed by atoms with E-state index in [2.05, 4.69) is 58.2 Å². The zero-order valence-corrected chi connectivity index (χ0v) is 69.8. The van der Waals surface area contributed by atoms with E-state index in [-0.39, 0.29) is 121 Å². The molecule has 121 heavy (non-hydrogen) atoms. The minimum absolute atomic E-state index is 0.0228. The van der Waals surface area contributed by atoms with Gasteiger partial charge in [0.1, 0.15) is 72.5 Å². The highest BCUT2D eigenvalue weighted by atomic mass is 16.2. The van der Waals surface area contributed by atoms with Crippen LogP contribution in [0.4, 0.5) is 0 Å². The van der Waals surface area contributed by atoms with Gasteiger partial charge in [0.25, 0.3) is 0 Å². The van der Waals surface area contributed by atoms with Crippen LogP contribution in [0.25, 0.3) is 10.9 Å². The fraction of sp³-hybridized carbons (Fsp3) is 0.483. The van der Waals surface area contributed by atoms with E-state index < -0.39 is 155 Å². The Balaban J connectivity index is 0.942. The van der Waals surface area contributed by atoms with Crippen LogP contribution in [-0.2, 0) is 94.4 Å². The van der Waals surface area contributed by atoms with Crippen LogP contribution in [-0.4, -0.2) is 214 Å². The number of primary amides is 1. The molecule has 14 atom stereocenters. The van der Waals surface area contributed by atoms with E-state index in [4.69, 9.17) is 28.3 Å². The number of hydrogen-bond donors (Lipinski definition) is 16. The van der Waals surface area contributed by atoms with Gasteiger partial charge in [-0.2, -0.15) is 0 Å². The van der Waals surface area contributed by atoms with Crippen molar-refractivity contribution in [1.29, 1.82) is 5.41 Å². The average Bonchev–Trinajstić information content (AvgIpc) is 1.72. The number of nitrogens with zero attached hydrogens (tertiary/aromatic N) is 3. The number of hydrogen-bond acceptors (Lipinski definition) is 16. The highest BCUT2D eigenvalue weighted by Crippen LogP contribution is 2.27. The van der Waals surface area contributed by atoms with E-state index in [0.717, 1.165) is 10.9 Å². The molecule has 0 saturated carbocycles. The number of rotatable bonds is 44. The summed E-state index contributed by atoms with van der Waals surface area (Å²) >= 11 is 0. The molecule has 650 valence electrons. The number of unbranched alkanes of at least 4 members (excludes halogenated alkanes) is 1. The van der Waals surface area contributed by atoms with Gasteiger partial charge >= 0.3 is 0 Å². The van der Waals surface area contributed by atoms with E-state index in [1.54, 1.807) is 128 Å². The first-order chi connectivity index (χ1) is 58.1. The molecule has 3 fully saturated rings. The topological polar surface area (TPSA) is 496 Å². The second-order valence-corrected chi connectivity index (χ2v) is 32.3. The van der Waals surface area contributed by atoms with Gasteiger partial charge in [0.15, 0.2) is 5.96 Å². The predicted octanol–water partition coefficient (Wildman–Crippen LogP) is 2.33. The smallest absolute Gasteiger partial charge is 0.246 e. The molecule has 0 bridgehead atoms. The van der Waals surface area contributed by atoms with Gasteiger partial charge in [-0.3, -0.25) is 67.7 Å². The predicted molar refractivity (Wildman–Crippen MR) is 458 cm³/mol. The summed E-state index contributed by atoms with van der Waals surface area (Å²) in [4.78, 5) is 198. The van der Waals surface area contributed by atoms with Crippen molar-refractivity contribution in [3.8, 4) is 0 Å². The van der Waals surface area contributed by atoms with Crippen molar-refractivity contribution < 1.29 is 62.3 Å². The van der Waals surface area contributed by atoms with Crippen molar-refractivity contribution in [2.75, 3.05) is 32.7 Å². The number of carbonyl (C=O) groups excluding carboxylic acids is 13. The molecular weight excluding hydrogens is 1540 g/mol. The molecule has 0 spiro atoms. The highest BCUT2D eigenvalue weighted by Gasteiger charge is 2.45. The van der Waals surface area contributed by atoms with Gasteiger partial charge in [0.05, 0.1) is 6.04 Å². The molecule has 4 heterocycles. The van der Waals surface area contributed by atoms with Crippen LogP contribution in [0.15, 0.2) is 152 Å². The Kier molecular flexibility index (Phi) is 35.2. The van der Waals surface area contributed by atoms with Crippen molar-refractivity contribution in [3.63, 3.8) is 0 Å². The maximum absolute atomic E-state index is 15.6. The van der Waals surface area contributed by atoms with Crippen LogP contribution >= 0.6 is 0 Å². The molecule has 20 N–H and O–H groups in total. The average molecular weight is 1670 g/mol. The molecule has 13 amide bonds.